The number of hydrogen-bond donors (Lipinski definition) is 0. The van der Waals surface area contributed by atoms with Gasteiger partial charge in [-0.05, 0) is 61.0 Å². The topological polar surface area (TPSA) is 71.5 Å². The number of carboxylic acids is 1. The fraction of sp³-hybridized carbons (Fsp3) is 0.200. The van der Waals surface area contributed by atoms with Crippen LogP contribution in [-0.2, 0) is 11.3 Å². The van der Waals surface area contributed by atoms with Gasteiger partial charge in [-0.25, -0.2) is 4.98 Å². The Morgan fingerprint density at radius 2 is 1.68 bits per heavy atom. The third-order valence-corrected chi connectivity index (χ3v) is 7.24. The molecule has 37 heavy (non-hydrogen) atoms. The standard InChI is InChI=1S/C27H21NO3S.C3H8O.Na/c1-16-12-13-22(31-15-18-8-4-3-5-9-18)24-20(27(29)30)14-21(28-25(16)24)26-17(2)19-10-6-7-11-23(19)32-26;1-3-4-2;/h3-14H,15H2,1-2H3,(H,29,30);3H2,1-2H3;/q;;+1/p-1. The first-order valence-electron chi connectivity index (χ1n) is 11.7. The Morgan fingerprint density at radius 1 is 1.00 bits per heavy atom. The minimum Gasteiger partial charge on any atom is -0.545 e. The number of fused-ring (bicyclic) bond motifs is 2. The van der Waals surface area contributed by atoms with Crippen LogP contribution in [0.5, 0.6) is 5.75 Å². The molecule has 5 nitrogen and oxygen atoms in total. The van der Waals surface area contributed by atoms with E-state index in [1.165, 1.54) is 0 Å². The Labute approximate surface area is 243 Å². The molecule has 0 atom stereocenters. The van der Waals surface area contributed by atoms with Crippen molar-refractivity contribution in [3.8, 4) is 16.3 Å². The molecule has 2 heterocycles. The Morgan fingerprint density at radius 3 is 2.32 bits per heavy atom. The van der Waals surface area contributed by atoms with Gasteiger partial charge in [-0.2, -0.15) is 0 Å². The summed E-state index contributed by atoms with van der Waals surface area (Å²) in [4.78, 5) is 18.1. The number of rotatable bonds is 6. The van der Waals surface area contributed by atoms with E-state index < -0.39 is 5.97 Å². The van der Waals surface area contributed by atoms with Crippen molar-refractivity contribution in [3.05, 3.63) is 95.1 Å². The van der Waals surface area contributed by atoms with Crippen LogP contribution < -0.4 is 39.4 Å². The van der Waals surface area contributed by atoms with E-state index in [1.807, 2.05) is 69.3 Å². The number of thiophene rings is 1. The van der Waals surface area contributed by atoms with Gasteiger partial charge in [0.25, 0.3) is 0 Å². The molecule has 0 amide bonds. The van der Waals surface area contributed by atoms with E-state index in [1.54, 1.807) is 30.6 Å². The average molecular weight is 522 g/mol. The first-order chi connectivity index (χ1) is 17.4. The van der Waals surface area contributed by atoms with Crippen molar-refractivity contribution < 1.29 is 48.9 Å². The Balaban J connectivity index is 0.000000711. The predicted octanol–water partition coefficient (Wildman–Crippen LogP) is 3.33. The first-order valence-corrected chi connectivity index (χ1v) is 12.6. The first kappa shape index (κ1) is 28.8. The minimum atomic E-state index is -1.24. The van der Waals surface area contributed by atoms with Crippen molar-refractivity contribution in [2.45, 2.75) is 27.4 Å². The van der Waals surface area contributed by atoms with Crippen LogP contribution >= 0.6 is 11.3 Å². The maximum atomic E-state index is 12.2. The third-order valence-electron chi connectivity index (χ3n) is 5.95. The molecule has 0 fully saturated rings. The number of ether oxygens (including phenoxy) is 2. The second-order valence-electron chi connectivity index (χ2n) is 8.35. The van der Waals surface area contributed by atoms with Crippen LogP contribution in [0.25, 0.3) is 31.6 Å². The van der Waals surface area contributed by atoms with Crippen LogP contribution in [0.15, 0.2) is 72.8 Å². The van der Waals surface area contributed by atoms with Gasteiger partial charge in [0, 0.05) is 24.0 Å². The van der Waals surface area contributed by atoms with Crippen molar-refractivity contribution in [1.29, 1.82) is 0 Å². The van der Waals surface area contributed by atoms with Crippen LogP contribution in [0.3, 0.4) is 0 Å². The molecule has 0 bridgehead atoms. The average Bonchev–Trinajstić information content (AvgIpc) is 3.25. The van der Waals surface area contributed by atoms with Gasteiger partial charge in [-0.3, -0.25) is 0 Å². The Kier molecular flexibility index (Phi) is 10.3. The molecule has 184 valence electrons. The molecule has 7 heteroatoms. The molecule has 0 spiro atoms. The number of carbonyl (C=O) groups excluding carboxylic acids is 1. The number of pyridine rings is 1. The molecule has 0 unspecified atom stereocenters. The van der Waals surface area contributed by atoms with E-state index in [0.29, 0.717) is 29.0 Å². The molecule has 0 aliphatic heterocycles. The third kappa shape index (κ3) is 6.40. The van der Waals surface area contributed by atoms with E-state index in [-0.39, 0.29) is 35.1 Å². The van der Waals surface area contributed by atoms with Crippen LogP contribution in [0.1, 0.15) is 34.0 Å². The summed E-state index contributed by atoms with van der Waals surface area (Å²) in [6, 6.07) is 23.3. The van der Waals surface area contributed by atoms with Gasteiger partial charge in [0.15, 0.2) is 0 Å². The van der Waals surface area contributed by atoms with E-state index in [9.17, 15) is 9.90 Å². The molecule has 5 aromatic rings. The van der Waals surface area contributed by atoms with Crippen LogP contribution in [0, 0.1) is 13.8 Å². The van der Waals surface area contributed by atoms with Crippen molar-refractivity contribution in [2.24, 2.45) is 0 Å². The minimum absolute atomic E-state index is 0. The second kappa shape index (κ2) is 13.2. The molecule has 0 radical (unpaired) electrons. The summed E-state index contributed by atoms with van der Waals surface area (Å²) < 4.78 is 11.7. The number of methoxy groups -OCH3 is 1. The maximum absolute atomic E-state index is 12.2. The molecule has 0 saturated carbocycles. The SMILES string of the molecule is CCOC.Cc1c(-c2cc(C(=O)[O-])c3c(OCc4ccccc4)ccc(C)c3n2)sc2ccccc12.[Na+]. The molecule has 0 aliphatic carbocycles. The van der Waals surface area contributed by atoms with E-state index >= 15 is 0 Å². The fourth-order valence-electron chi connectivity index (χ4n) is 3.99. The number of aryl methyl sites for hydroxylation is 2. The number of aromatic nitrogens is 1. The molecule has 3 aromatic carbocycles. The predicted molar refractivity (Wildman–Crippen MR) is 145 cm³/mol. The number of aromatic carboxylic acids is 1. The zero-order chi connectivity index (χ0) is 25.7. The molecule has 2 aromatic heterocycles. The molecule has 0 saturated heterocycles. The summed E-state index contributed by atoms with van der Waals surface area (Å²) in [5.74, 6) is -0.756. The van der Waals surface area contributed by atoms with Gasteiger partial charge in [0.05, 0.1) is 27.4 Å². The summed E-state index contributed by atoms with van der Waals surface area (Å²) in [5, 5.41) is 13.8. The van der Waals surface area contributed by atoms with Crippen LogP contribution in [-0.4, -0.2) is 24.7 Å². The van der Waals surface area contributed by atoms with Gasteiger partial charge in [-0.15, -0.1) is 11.3 Å². The van der Waals surface area contributed by atoms with E-state index in [0.717, 1.165) is 38.3 Å². The number of benzene rings is 3. The summed E-state index contributed by atoms with van der Waals surface area (Å²) >= 11 is 1.62. The zero-order valence-corrected chi connectivity index (χ0v) is 24.6. The summed E-state index contributed by atoms with van der Waals surface area (Å²) in [5.41, 5.74) is 4.32. The van der Waals surface area contributed by atoms with Gasteiger partial charge in [0.2, 0.25) is 0 Å². The normalized spacial score (nSPS) is 10.5. The van der Waals surface area contributed by atoms with E-state index in [2.05, 4.69) is 16.9 Å². The Bertz CT molecular complexity index is 1510. The van der Waals surface area contributed by atoms with Gasteiger partial charge < -0.3 is 19.4 Å². The van der Waals surface area contributed by atoms with Crippen molar-refractivity contribution in [3.63, 3.8) is 0 Å². The summed E-state index contributed by atoms with van der Waals surface area (Å²) in [6.45, 7) is 7.09. The zero-order valence-electron chi connectivity index (χ0n) is 21.8. The monoisotopic (exact) mass is 521 g/mol. The number of hydrogen-bond acceptors (Lipinski definition) is 6. The van der Waals surface area contributed by atoms with Crippen molar-refractivity contribution in [1.82, 2.24) is 4.98 Å². The molecule has 0 N–H and O–H groups in total. The number of carboxylic acid groups (broad SMARTS) is 1. The number of carbonyl (C=O) groups is 1. The van der Waals surface area contributed by atoms with Crippen molar-refractivity contribution in [2.75, 3.05) is 13.7 Å². The molecular weight excluding hydrogens is 493 g/mol. The molecular formula is C30H28NNaO4S. The van der Waals surface area contributed by atoms with Crippen LogP contribution in [0.4, 0.5) is 0 Å². The van der Waals surface area contributed by atoms with Gasteiger partial charge >= 0.3 is 29.6 Å². The van der Waals surface area contributed by atoms with Crippen molar-refractivity contribution >= 4 is 38.3 Å². The van der Waals surface area contributed by atoms with Gasteiger partial charge in [-0.1, -0.05) is 54.6 Å². The fourth-order valence-corrected chi connectivity index (χ4v) is 5.16. The Hall–Kier alpha value is -2.74. The smallest absolute Gasteiger partial charge is 0.545 e. The van der Waals surface area contributed by atoms with E-state index in [4.69, 9.17) is 9.72 Å². The summed E-state index contributed by atoms with van der Waals surface area (Å²) in [6.07, 6.45) is 0. The molecule has 0 aliphatic rings. The summed E-state index contributed by atoms with van der Waals surface area (Å²) in [7, 11) is 1.68. The largest absolute Gasteiger partial charge is 1.00 e. The maximum Gasteiger partial charge on any atom is 1.00 e. The van der Waals surface area contributed by atoms with Gasteiger partial charge in [0.1, 0.15) is 12.4 Å². The second-order valence-corrected chi connectivity index (χ2v) is 9.40. The van der Waals surface area contributed by atoms with Crippen LogP contribution in [0.2, 0.25) is 0 Å². The number of nitrogens with zero attached hydrogens (tertiary/aromatic N) is 1. The molecule has 5 rings (SSSR count). The quantitative estimate of drug-likeness (QED) is 0.321.